The lowest BCUT2D eigenvalue weighted by Crippen LogP contribution is -2.53. The zero-order chi connectivity index (χ0) is 21.0. The summed E-state index contributed by atoms with van der Waals surface area (Å²) in [5.74, 6) is 0.0684. The molecule has 0 saturated carbocycles. The molecule has 0 bridgehead atoms. The monoisotopic (exact) mass is 421 g/mol. The van der Waals surface area contributed by atoms with Crippen molar-refractivity contribution in [2.45, 2.75) is 50.5 Å². The molecule has 160 valence electrons. The number of carbonyl (C=O) groups excluding carboxylic acids is 2. The van der Waals surface area contributed by atoms with Gasteiger partial charge in [-0.1, -0.05) is 19.1 Å². The molecule has 1 atom stereocenters. The number of amides is 1. The molecule has 2 fully saturated rings. The van der Waals surface area contributed by atoms with Crippen molar-refractivity contribution in [3.05, 3.63) is 29.8 Å². The molecule has 7 nitrogen and oxygen atoms in total. The van der Waals surface area contributed by atoms with Crippen molar-refractivity contribution >= 4 is 21.7 Å². The normalized spacial score (nSPS) is 21.9. The first-order chi connectivity index (χ1) is 13.8. The van der Waals surface area contributed by atoms with E-state index in [1.165, 1.54) is 29.8 Å². The van der Waals surface area contributed by atoms with Crippen molar-refractivity contribution in [3.63, 3.8) is 0 Å². The van der Waals surface area contributed by atoms with Crippen LogP contribution in [0.2, 0.25) is 0 Å². The molecule has 2 aliphatic heterocycles. The minimum Gasteiger partial charge on any atom is -0.339 e. The zero-order valence-electron chi connectivity index (χ0n) is 17.3. The van der Waals surface area contributed by atoms with E-state index in [1.54, 1.807) is 12.1 Å². The topological polar surface area (TPSA) is 78.0 Å². The highest BCUT2D eigenvalue weighted by Gasteiger charge is 2.31. The highest BCUT2D eigenvalue weighted by molar-refractivity contribution is 7.89. The molecule has 0 unspecified atom stereocenters. The summed E-state index contributed by atoms with van der Waals surface area (Å²) in [5.41, 5.74) is 0.496. The Morgan fingerprint density at radius 2 is 1.66 bits per heavy atom. The molecule has 0 N–H and O–H groups in total. The fourth-order valence-electron chi connectivity index (χ4n) is 4.17. The van der Waals surface area contributed by atoms with E-state index in [0.717, 1.165) is 25.8 Å². The number of piperidine rings is 1. The number of ketones is 1. The van der Waals surface area contributed by atoms with Crippen LogP contribution in [-0.2, 0) is 14.8 Å². The van der Waals surface area contributed by atoms with Gasteiger partial charge in [0.25, 0.3) is 0 Å². The van der Waals surface area contributed by atoms with Crippen molar-refractivity contribution in [3.8, 4) is 0 Å². The summed E-state index contributed by atoms with van der Waals surface area (Å²) in [6, 6.07) is 6.42. The van der Waals surface area contributed by atoms with E-state index in [2.05, 4.69) is 11.8 Å². The Kier molecular flexibility index (Phi) is 7.08. The maximum absolute atomic E-state index is 12.9. The zero-order valence-corrected chi connectivity index (χ0v) is 18.2. The molecule has 2 heterocycles. The molecule has 1 amide bonds. The molecule has 0 spiro atoms. The van der Waals surface area contributed by atoms with Crippen molar-refractivity contribution in [2.24, 2.45) is 0 Å². The molecule has 1 aromatic rings. The van der Waals surface area contributed by atoms with E-state index in [1.807, 2.05) is 4.90 Å². The summed E-state index contributed by atoms with van der Waals surface area (Å²) >= 11 is 0. The van der Waals surface area contributed by atoms with Crippen LogP contribution in [-0.4, -0.2) is 79.5 Å². The molecule has 2 aliphatic rings. The number of rotatable bonds is 6. The summed E-state index contributed by atoms with van der Waals surface area (Å²) < 4.78 is 27.2. The second-order valence-corrected chi connectivity index (χ2v) is 9.84. The summed E-state index contributed by atoms with van der Waals surface area (Å²) in [5, 5.41) is 0. The lowest BCUT2D eigenvalue weighted by Gasteiger charge is -2.38. The third-order valence-electron chi connectivity index (χ3n) is 6.01. The van der Waals surface area contributed by atoms with E-state index in [4.69, 9.17) is 0 Å². The van der Waals surface area contributed by atoms with Gasteiger partial charge in [-0.05, 0) is 44.7 Å². The average molecular weight is 422 g/mol. The lowest BCUT2D eigenvalue weighted by molar-refractivity contribution is -0.136. The summed E-state index contributed by atoms with van der Waals surface area (Å²) in [7, 11) is -3.59. The SMILES string of the molecule is CC[C@@H]1CCCCN1C(=O)CN1CCN(S(=O)(=O)c2ccc(C(C)=O)cc2)CC1. The Labute approximate surface area is 173 Å². The Bertz CT molecular complexity index is 830. The molecule has 29 heavy (non-hydrogen) atoms. The highest BCUT2D eigenvalue weighted by Crippen LogP contribution is 2.21. The largest absolute Gasteiger partial charge is 0.339 e. The van der Waals surface area contributed by atoms with Gasteiger partial charge in [-0.3, -0.25) is 14.5 Å². The summed E-state index contributed by atoms with van der Waals surface area (Å²) in [4.78, 5) is 28.4. The highest BCUT2D eigenvalue weighted by atomic mass is 32.2. The molecule has 0 aromatic heterocycles. The van der Waals surface area contributed by atoms with E-state index in [-0.39, 0.29) is 16.6 Å². The van der Waals surface area contributed by atoms with Crippen LogP contribution in [0.5, 0.6) is 0 Å². The Morgan fingerprint density at radius 3 is 2.24 bits per heavy atom. The number of sulfonamides is 1. The summed E-state index contributed by atoms with van der Waals surface area (Å²) in [6.45, 7) is 6.59. The van der Waals surface area contributed by atoms with Crippen molar-refractivity contribution in [1.29, 1.82) is 0 Å². The van der Waals surface area contributed by atoms with Gasteiger partial charge in [0.05, 0.1) is 11.4 Å². The summed E-state index contributed by atoms with van der Waals surface area (Å²) in [6.07, 6.45) is 4.32. The van der Waals surface area contributed by atoms with Crippen molar-refractivity contribution in [2.75, 3.05) is 39.3 Å². The number of Topliss-reactive ketones (excluding diaryl/α,β-unsaturated/α-hetero) is 1. The number of hydrogen-bond acceptors (Lipinski definition) is 5. The Morgan fingerprint density at radius 1 is 1.00 bits per heavy atom. The maximum Gasteiger partial charge on any atom is 0.243 e. The molecule has 8 heteroatoms. The lowest BCUT2D eigenvalue weighted by atomic mass is 10.00. The molecular weight excluding hydrogens is 390 g/mol. The first kappa shape index (κ1) is 21.9. The second-order valence-electron chi connectivity index (χ2n) is 7.91. The van der Waals surface area contributed by atoms with Crippen LogP contribution in [0.25, 0.3) is 0 Å². The van der Waals surface area contributed by atoms with Crippen LogP contribution in [0.15, 0.2) is 29.2 Å². The number of nitrogens with zero attached hydrogens (tertiary/aromatic N) is 3. The van der Waals surface area contributed by atoms with Crippen LogP contribution >= 0.6 is 0 Å². The molecule has 0 aliphatic carbocycles. The van der Waals surface area contributed by atoms with Crippen LogP contribution in [0.1, 0.15) is 49.9 Å². The van der Waals surface area contributed by atoms with Gasteiger partial charge in [0.15, 0.2) is 5.78 Å². The number of likely N-dealkylation sites (tertiary alicyclic amines) is 1. The molecule has 3 rings (SSSR count). The van der Waals surface area contributed by atoms with E-state index < -0.39 is 10.0 Å². The van der Waals surface area contributed by atoms with Gasteiger partial charge in [0.2, 0.25) is 15.9 Å². The number of carbonyl (C=O) groups is 2. The first-order valence-electron chi connectivity index (χ1n) is 10.5. The second kappa shape index (κ2) is 9.36. The van der Waals surface area contributed by atoms with Gasteiger partial charge < -0.3 is 4.90 Å². The molecular formula is C21H31N3O4S. The molecule has 1 aromatic carbocycles. The third kappa shape index (κ3) is 5.05. The fourth-order valence-corrected chi connectivity index (χ4v) is 5.60. The van der Waals surface area contributed by atoms with Gasteiger partial charge in [-0.15, -0.1) is 0 Å². The van der Waals surface area contributed by atoms with Gasteiger partial charge in [0, 0.05) is 44.3 Å². The number of piperazine rings is 1. The Balaban J connectivity index is 1.56. The number of benzene rings is 1. The van der Waals surface area contributed by atoms with Crippen molar-refractivity contribution in [1.82, 2.24) is 14.1 Å². The van der Waals surface area contributed by atoms with Gasteiger partial charge in [-0.2, -0.15) is 4.31 Å². The van der Waals surface area contributed by atoms with Crippen LogP contribution in [0, 0.1) is 0 Å². The van der Waals surface area contributed by atoms with E-state index >= 15 is 0 Å². The molecule has 2 saturated heterocycles. The first-order valence-corrected chi connectivity index (χ1v) is 11.9. The predicted octanol–water partition coefficient (Wildman–Crippen LogP) is 1.99. The van der Waals surface area contributed by atoms with E-state index in [9.17, 15) is 18.0 Å². The van der Waals surface area contributed by atoms with Crippen LogP contribution in [0.3, 0.4) is 0 Å². The van der Waals surface area contributed by atoms with E-state index in [0.29, 0.717) is 44.3 Å². The third-order valence-corrected chi connectivity index (χ3v) is 7.92. The predicted molar refractivity (Wildman–Crippen MR) is 111 cm³/mol. The minimum absolute atomic E-state index is 0.0914. The molecule has 0 radical (unpaired) electrons. The van der Waals surface area contributed by atoms with Gasteiger partial charge >= 0.3 is 0 Å². The number of hydrogen-bond donors (Lipinski definition) is 0. The average Bonchev–Trinajstić information content (AvgIpc) is 2.74. The van der Waals surface area contributed by atoms with Crippen LogP contribution < -0.4 is 0 Å². The quantitative estimate of drug-likeness (QED) is 0.657. The fraction of sp³-hybridized carbons (Fsp3) is 0.619. The van der Waals surface area contributed by atoms with Crippen molar-refractivity contribution < 1.29 is 18.0 Å². The standard InChI is InChI=1S/C21H31N3O4S/c1-3-19-6-4-5-11-24(19)21(26)16-22-12-14-23(15-13-22)29(27,28)20-9-7-18(8-10-20)17(2)25/h7-10,19H,3-6,11-16H2,1-2H3/t19-/m1/s1. The minimum atomic E-state index is -3.59. The maximum atomic E-state index is 12.9. The van der Waals surface area contributed by atoms with Gasteiger partial charge in [0.1, 0.15) is 0 Å². The smallest absolute Gasteiger partial charge is 0.243 e. The van der Waals surface area contributed by atoms with Crippen LogP contribution in [0.4, 0.5) is 0 Å². The van der Waals surface area contributed by atoms with Gasteiger partial charge in [-0.25, -0.2) is 8.42 Å². The Hall–Kier alpha value is -1.77.